The van der Waals surface area contributed by atoms with Crippen LogP contribution in [0.25, 0.3) is 0 Å². The summed E-state index contributed by atoms with van der Waals surface area (Å²) in [4.78, 5) is 15.9. The van der Waals surface area contributed by atoms with Crippen molar-refractivity contribution in [1.82, 2.24) is 10.2 Å². The summed E-state index contributed by atoms with van der Waals surface area (Å²) < 4.78 is 5.95. The number of piperazine rings is 1. The number of likely N-dealkylation sites (tertiary alicyclic amines) is 1. The van der Waals surface area contributed by atoms with Crippen LogP contribution in [0.3, 0.4) is 0 Å². The Morgan fingerprint density at radius 1 is 1.09 bits per heavy atom. The zero-order chi connectivity index (χ0) is 15.2. The molecule has 5 nitrogen and oxygen atoms in total. The van der Waals surface area contributed by atoms with E-state index in [1.807, 2.05) is 18.2 Å². The second-order valence-corrected chi connectivity index (χ2v) is 5.98. The molecule has 0 radical (unpaired) electrons. The van der Waals surface area contributed by atoms with Gasteiger partial charge in [0.25, 0.3) is 0 Å². The summed E-state index contributed by atoms with van der Waals surface area (Å²) in [5.74, 6) is 0.777. The highest BCUT2D eigenvalue weighted by Gasteiger charge is 2.21. The smallest absolute Gasteiger partial charge is 0.209 e. The number of rotatable bonds is 5. The monoisotopic (exact) mass is 303 g/mol. The van der Waals surface area contributed by atoms with Crippen molar-refractivity contribution in [2.45, 2.75) is 25.5 Å². The molecule has 1 unspecified atom stereocenters. The van der Waals surface area contributed by atoms with Gasteiger partial charge in [0, 0.05) is 51.0 Å². The molecule has 1 atom stereocenters. The van der Waals surface area contributed by atoms with E-state index in [4.69, 9.17) is 4.74 Å². The highest BCUT2D eigenvalue weighted by Crippen LogP contribution is 2.23. The first-order valence-electron chi connectivity index (χ1n) is 8.28. The summed E-state index contributed by atoms with van der Waals surface area (Å²) in [6.07, 6.45) is 4.01. The number of nitrogens with zero attached hydrogens (tertiary/aromatic N) is 2. The number of carbonyl (C=O) groups is 1. The third-order valence-electron chi connectivity index (χ3n) is 4.42. The molecule has 0 spiro atoms. The van der Waals surface area contributed by atoms with E-state index in [-0.39, 0.29) is 0 Å². The summed E-state index contributed by atoms with van der Waals surface area (Å²) in [6.45, 7) is 5.92. The Balaban J connectivity index is 1.66. The molecular weight excluding hydrogens is 278 g/mol. The first kappa shape index (κ1) is 15.3. The molecule has 2 saturated heterocycles. The summed E-state index contributed by atoms with van der Waals surface area (Å²) in [5.41, 5.74) is 1.17. The molecule has 2 aliphatic rings. The number of aldehydes is 1. The van der Waals surface area contributed by atoms with Crippen molar-refractivity contribution in [3.63, 3.8) is 0 Å². The molecule has 1 aromatic rings. The Bertz CT molecular complexity index is 483. The summed E-state index contributed by atoms with van der Waals surface area (Å²) >= 11 is 0. The maximum Gasteiger partial charge on any atom is 0.209 e. The van der Waals surface area contributed by atoms with Gasteiger partial charge < -0.3 is 15.0 Å². The molecule has 2 aliphatic heterocycles. The van der Waals surface area contributed by atoms with Crippen molar-refractivity contribution in [2.75, 3.05) is 44.2 Å². The van der Waals surface area contributed by atoms with Crippen LogP contribution in [0.5, 0.6) is 5.75 Å². The van der Waals surface area contributed by atoms with E-state index >= 15 is 0 Å². The molecule has 0 aromatic heterocycles. The minimum Gasteiger partial charge on any atom is -0.468 e. The van der Waals surface area contributed by atoms with Gasteiger partial charge in [-0.1, -0.05) is 12.5 Å². The third kappa shape index (κ3) is 3.78. The van der Waals surface area contributed by atoms with Gasteiger partial charge in [-0.15, -0.1) is 0 Å². The average Bonchev–Trinajstić information content (AvgIpc) is 2.61. The van der Waals surface area contributed by atoms with Crippen molar-refractivity contribution in [2.24, 2.45) is 0 Å². The second-order valence-electron chi connectivity index (χ2n) is 5.98. The predicted molar refractivity (Wildman–Crippen MR) is 87.4 cm³/mol. The van der Waals surface area contributed by atoms with Gasteiger partial charge in [0.05, 0.1) is 0 Å². The van der Waals surface area contributed by atoms with Crippen molar-refractivity contribution >= 4 is 12.0 Å². The van der Waals surface area contributed by atoms with Gasteiger partial charge in [0.2, 0.25) is 6.23 Å². The molecule has 1 N–H and O–H groups in total. The van der Waals surface area contributed by atoms with Crippen LogP contribution in [-0.4, -0.2) is 56.7 Å². The number of anilines is 1. The van der Waals surface area contributed by atoms with Crippen LogP contribution in [0, 0.1) is 0 Å². The highest BCUT2D eigenvalue weighted by atomic mass is 16.5. The number of ether oxygens (including phenoxy) is 1. The van der Waals surface area contributed by atoms with Crippen LogP contribution in [0.15, 0.2) is 24.3 Å². The summed E-state index contributed by atoms with van der Waals surface area (Å²) in [7, 11) is 0. The fourth-order valence-corrected chi connectivity index (χ4v) is 3.18. The quantitative estimate of drug-likeness (QED) is 0.835. The first-order valence-corrected chi connectivity index (χ1v) is 8.28. The molecule has 5 heteroatoms. The summed E-state index contributed by atoms with van der Waals surface area (Å²) in [5, 5.41) is 3.36. The van der Waals surface area contributed by atoms with Crippen molar-refractivity contribution in [1.29, 1.82) is 0 Å². The van der Waals surface area contributed by atoms with E-state index in [9.17, 15) is 4.79 Å². The number of nitrogens with one attached hydrogen (secondary N) is 1. The first-order chi connectivity index (χ1) is 10.9. The maximum absolute atomic E-state index is 11.4. The molecule has 3 rings (SSSR count). The molecule has 0 amide bonds. The lowest BCUT2D eigenvalue weighted by Crippen LogP contribution is -2.44. The van der Waals surface area contributed by atoms with Crippen LogP contribution >= 0.6 is 0 Å². The zero-order valence-electron chi connectivity index (χ0n) is 13.0. The van der Waals surface area contributed by atoms with Crippen molar-refractivity contribution in [3.05, 3.63) is 24.3 Å². The van der Waals surface area contributed by atoms with E-state index in [1.54, 1.807) is 0 Å². The van der Waals surface area contributed by atoms with E-state index in [0.717, 1.165) is 64.1 Å². The van der Waals surface area contributed by atoms with Crippen molar-refractivity contribution < 1.29 is 9.53 Å². The normalized spacial score (nSPS) is 21.4. The molecule has 2 fully saturated rings. The van der Waals surface area contributed by atoms with Crippen LogP contribution in [-0.2, 0) is 4.79 Å². The van der Waals surface area contributed by atoms with Crippen LogP contribution in [0.1, 0.15) is 19.3 Å². The lowest BCUT2D eigenvalue weighted by atomic mass is 10.1. The second kappa shape index (κ2) is 7.61. The van der Waals surface area contributed by atoms with Gasteiger partial charge in [0.15, 0.2) is 6.29 Å². The Morgan fingerprint density at radius 3 is 2.59 bits per heavy atom. The largest absolute Gasteiger partial charge is 0.468 e. The molecule has 0 saturated carbocycles. The number of hydrogen-bond acceptors (Lipinski definition) is 5. The molecule has 1 aromatic carbocycles. The minimum absolute atomic E-state index is 0.460. The van der Waals surface area contributed by atoms with Gasteiger partial charge >= 0.3 is 0 Å². The number of benzene rings is 1. The highest BCUT2D eigenvalue weighted by molar-refractivity contribution is 5.57. The maximum atomic E-state index is 11.4. The SMILES string of the molecule is O=CC(Oc1cccc(N2CCNCC2)c1)N1CCCCC1. The van der Waals surface area contributed by atoms with Crippen molar-refractivity contribution in [3.8, 4) is 5.75 Å². The van der Waals surface area contributed by atoms with E-state index < -0.39 is 6.23 Å². The van der Waals surface area contributed by atoms with Crippen LogP contribution in [0.2, 0.25) is 0 Å². The van der Waals surface area contributed by atoms with E-state index in [2.05, 4.69) is 21.2 Å². The number of carbonyl (C=O) groups excluding carboxylic acids is 1. The van der Waals surface area contributed by atoms with E-state index in [0.29, 0.717) is 0 Å². The van der Waals surface area contributed by atoms with Gasteiger partial charge in [-0.25, -0.2) is 0 Å². The fraction of sp³-hybridized carbons (Fsp3) is 0.588. The van der Waals surface area contributed by atoms with Gasteiger partial charge in [-0.2, -0.15) is 0 Å². The molecule has 22 heavy (non-hydrogen) atoms. The Hall–Kier alpha value is -1.59. The van der Waals surface area contributed by atoms with Crippen LogP contribution in [0.4, 0.5) is 5.69 Å². The Kier molecular flexibility index (Phi) is 5.29. The standard InChI is InChI=1S/C17H25N3O2/c21-14-17(20-9-2-1-3-10-20)22-16-6-4-5-15(13-16)19-11-7-18-8-12-19/h4-6,13-14,17-18H,1-3,7-12H2. The molecule has 0 bridgehead atoms. The Labute approximate surface area is 132 Å². The molecule has 120 valence electrons. The predicted octanol–water partition coefficient (Wildman–Crippen LogP) is 1.49. The lowest BCUT2D eigenvalue weighted by molar-refractivity contribution is -0.122. The zero-order valence-corrected chi connectivity index (χ0v) is 13.0. The topological polar surface area (TPSA) is 44.8 Å². The Morgan fingerprint density at radius 2 is 1.86 bits per heavy atom. The van der Waals surface area contributed by atoms with Gasteiger partial charge in [0.1, 0.15) is 5.75 Å². The number of hydrogen-bond donors (Lipinski definition) is 1. The van der Waals surface area contributed by atoms with Gasteiger partial charge in [-0.05, 0) is 25.0 Å². The molecular formula is C17H25N3O2. The number of piperidine rings is 1. The summed E-state index contributed by atoms with van der Waals surface area (Å²) in [6, 6.07) is 8.09. The van der Waals surface area contributed by atoms with Gasteiger partial charge in [-0.3, -0.25) is 9.69 Å². The minimum atomic E-state index is -0.460. The van der Waals surface area contributed by atoms with Crippen LogP contribution < -0.4 is 15.0 Å². The average molecular weight is 303 g/mol. The third-order valence-corrected chi connectivity index (χ3v) is 4.42. The molecule has 0 aliphatic carbocycles. The lowest BCUT2D eigenvalue weighted by Gasteiger charge is -2.32. The molecule has 2 heterocycles. The van der Waals surface area contributed by atoms with E-state index in [1.165, 1.54) is 12.1 Å². The fourth-order valence-electron chi connectivity index (χ4n) is 3.18.